The van der Waals surface area contributed by atoms with Gasteiger partial charge in [0.05, 0.1) is 11.1 Å². The van der Waals surface area contributed by atoms with Gasteiger partial charge in [-0.15, -0.1) is 0 Å². The molecule has 0 spiro atoms. The van der Waals surface area contributed by atoms with E-state index < -0.39 is 17.3 Å². The Kier molecular flexibility index (Phi) is 6.03. The summed E-state index contributed by atoms with van der Waals surface area (Å²) in [7, 11) is 2.02. The van der Waals surface area contributed by atoms with Gasteiger partial charge in [0.1, 0.15) is 0 Å². The number of carbonyl (C=O) groups is 1. The molecular weight excluding hydrogens is 377 g/mol. The summed E-state index contributed by atoms with van der Waals surface area (Å²) in [6, 6.07) is 13.2. The van der Waals surface area contributed by atoms with Crippen LogP contribution in [0.5, 0.6) is 0 Å². The van der Waals surface area contributed by atoms with Gasteiger partial charge < -0.3 is 10.2 Å². The highest BCUT2D eigenvalue weighted by molar-refractivity contribution is 5.96. The molecule has 0 radical (unpaired) electrons. The number of aryl methyl sites for hydroxylation is 1. The molecule has 2 aromatic carbocycles. The van der Waals surface area contributed by atoms with E-state index >= 15 is 0 Å². The van der Waals surface area contributed by atoms with Crippen LogP contribution in [0.2, 0.25) is 0 Å². The first-order valence-electron chi connectivity index (χ1n) is 9.91. The fourth-order valence-corrected chi connectivity index (χ4v) is 4.48. The molecule has 1 aliphatic heterocycles. The lowest BCUT2D eigenvalue weighted by molar-refractivity contribution is -0.137. The minimum Gasteiger partial charge on any atom is -0.341 e. The summed E-state index contributed by atoms with van der Waals surface area (Å²) in [5.41, 5.74) is 0.402. The van der Waals surface area contributed by atoms with Crippen molar-refractivity contribution in [3.63, 3.8) is 0 Å². The van der Waals surface area contributed by atoms with Gasteiger partial charge in [-0.25, -0.2) is 0 Å². The monoisotopic (exact) mass is 404 g/mol. The fraction of sp³-hybridized carbons (Fsp3) is 0.435. The third-order valence-electron chi connectivity index (χ3n) is 5.60. The second-order valence-corrected chi connectivity index (χ2v) is 8.13. The number of likely N-dealkylation sites (tertiary alicyclic amines) is 1. The Labute approximate surface area is 169 Å². The number of benzene rings is 2. The molecule has 0 unspecified atom stereocenters. The van der Waals surface area contributed by atoms with Gasteiger partial charge in [0, 0.05) is 18.7 Å². The number of amides is 1. The van der Waals surface area contributed by atoms with Crippen molar-refractivity contribution in [2.45, 2.75) is 38.4 Å². The van der Waals surface area contributed by atoms with E-state index in [9.17, 15) is 18.0 Å². The summed E-state index contributed by atoms with van der Waals surface area (Å²) in [4.78, 5) is 15.4. The van der Waals surface area contributed by atoms with Gasteiger partial charge >= 0.3 is 6.18 Å². The number of halogens is 3. The molecule has 1 aliphatic rings. The number of carbonyl (C=O) groups excluding carboxylic acids is 1. The van der Waals surface area contributed by atoms with Crippen molar-refractivity contribution in [1.29, 1.82) is 0 Å². The molecular formula is C23H27F3N2O. The number of hydrogen-bond donors (Lipinski definition) is 1. The van der Waals surface area contributed by atoms with Crippen LogP contribution in [0.3, 0.4) is 0 Å². The van der Waals surface area contributed by atoms with Crippen LogP contribution in [0.25, 0.3) is 0 Å². The number of nitrogens with zero attached hydrogens (tertiary/aromatic N) is 1. The summed E-state index contributed by atoms with van der Waals surface area (Å²) in [5, 5.41) is 3.20. The van der Waals surface area contributed by atoms with E-state index in [0.717, 1.165) is 30.7 Å². The SMILES string of the molecule is CCc1cc(C(F)(F)F)ccc1C(=O)N[C@]1(c2ccccc2)C[C@@H](C)CN(C)C1. The van der Waals surface area contributed by atoms with Gasteiger partial charge in [-0.1, -0.05) is 44.2 Å². The van der Waals surface area contributed by atoms with Crippen LogP contribution >= 0.6 is 0 Å². The van der Waals surface area contributed by atoms with E-state index in [1.165, 1.54) is 6.07 Å². The molecule has 0 aromatic heterocycles. The third-order valence-corrected chi connectivity index (χ3v) is 5.60. The van der Waals surface area contributed by atoms with Crippen LogP contribution in [-0.2, 0) is 18.1 Å². The minimum absolute atomic E-state index is 0.302. The zero-order valence-corrected chi connectivity index (χ0v) is 17.0. The molecule has 0 aliphatic carbocycles. The molecule has 1 N–H and O–H groups in total. The van der Waals surface area contributed by atoms with Gasteiger partial charge in [-0.2, -0.15) is 13.2 Å². The van der Waals surface area contributed by atoms with E-state index in [1.54, 1.807) is 6.92 Å². The van der Waals surface area contributed by atoms with Crippen molar-refractivity contribution < 1.29 is 18.0 Å². The first-order valence-corrected chi connectivity index (χ1v) is 9.91. The average molecular weight is 404 g/mol. The van der Waals surface area contributed by atoms with Gasteiger partial charge in [-0.05, 0) is 55.1 Å². The summed E-state index contributed by atoms with van der Waals surface area (Å²) in [6.45, 7) is 5.49. The zero-order valence-electron chi connectivity index (χ0n) is 17.0. The predicted molar refractivity (Wildman–Crippen MR) is 108 cm³/mol. The van der Waals surface area contributed by atoms with Crippen LogP contribution in [-0.4, -0.2) is 30.9 Å². The molecule has 3 nitrogen and oxygen atoms in total. The van der Waals surface area contributed by atoms with Crippen LogP contribution in [0.4, 0.5) is 13.2 Å². The molecule has 0 saturated carbocycles. The second kappa shape index (κ2) is 8.19. The van der Waals surface area contributed by atoms with Crippen LogP contribution in [0, 0.1) is 5.92 Å². The first kappa shape index (κ1) is 21.4. The van der Waals surface area contributed by atoms with Gasteiger partial charge in [0.25, 0.3) is 5.91 Å². The van der Waals surface area contributed by atoms with Gasteiger partial charge in [-0.3, -0.25) is 4.79 Å². The summed E-state index contributed by atoms with van der Waals surface area (Å²) in [5.74, 6) is 0.0365. The summed E-state index contributed by atoms with van der Waals surface area (Å²) >= 11 is 0. The van der Waals surface area contributed by atoms with E-state index in [4.69, 9.17) is 0 Å². The van der Waals surface area contributed by atoms with Crippen LogP contribution in [0.1, 0.15) is 47.3 Å². The first-order chi connectivity index (χ1) is 13.6. The average Bonchev–Trinajstić information content (AvgIpc) is 2.66. The van der Waals surface area contributed by atoms with Gasteiger partial charge in [0.2, 0.25) is 0 Å². The van der Waals surface area contributed by atoms with Crippen LogP contribution in [0.15, 0.2) is 48.5 Å². The molecule has 6 heteroatoms. The molecule has 1 amide bonds. The van der Waals surface area contributed by atoms with E-state index in [1.807, 2.05) is 37.4 Å². The summed E-state index contributed by atoms with van der Waals surface area (Å²) in [6.07, 6.45) is -3.30. The van der Waals surface area contributed by atoms with Crippen LogP contribution < -0.4 is 5.32 Å². The molecule has 2 atom stereocenters. The standard InChI is InChI=1S/C23H27F3N2O/c1-4-17-12-19(23(24,25)26)10-11-20(17)21(29)27-22(18-8-6-5-7-9-18)13-16(2)14-28(3)15-22/h5-12,16H,4,13-15H2,1-3H3,(H,27,29)/t16-,22-/m1/s1. The van der Waals surface area contributed by atoms with Crippen molar-refractivity contribution in [2.24, 2.45) is 5.92 Å². The number of piperidine rings is 1. The maximum absolute atomic E-state index is 13.2. The molecule has 3 rings (SSSR count). The lowest BCUT2D eigenvalue weighted by atomic mass is 9.78. The highest BCUT2D eigenvalue weighted by Gasteiger charge is 2.40. The molecule has 1 saturated heterocycles. The predicted octanol–water partition coefficient (Wildman–Crippen LogP) is 4.86. The second-order valence-electron chi connectivity index (χ2n) is 8.13. The molecule has 2 aromatic rings. The molecule has 29 heavy (non-hydrogen) atoms. The molecule has 1 heterocycles. The van der Waals surface area contributed by atoms with Crippen molar-refractivity contribution in [1.82, 2.24) is 10.2 Å². The number of rotatable bonds is 4. The maximum atomic E-state index is 13.2. The maximum Gasteiger partial charge on any atom is 0.416 e. The highest BCUT2D eigenvalue weighted by atomic mass is 19.4. The Morgan fingerprint density at radius 3 is 2.48 bits per heavy atom. The Balaban J connectivity index is 1.98. The number of likely N-dealkylation sites (N-methyl/N-ethyl adjacent to an activating group) is 1. The van der Waals surface area contributed by atoms with Crippen molar-refractivity contribution in [2.75, 3.05) is 20.1 Å². The minimum atomic E-state index is -4.42. The van der Waals surface area contributed by atoms with Gasteiger partial charge in [0.15, 0.2) is 0 Å². The molecule has 156 valence electrons. The Hall–Kier alpha value is -2.34. The lowest BCUT2D eigenvalue weighted by Crippen LogP contribution is -2.57. The third kappa shape index (κ3) is 4.64. The number of nitrogens with one attached hydrogen (secondary N) is 1. The Bertz CT molecular complexity index is 854. The normalized spacial score (nSPS) is 23.0. The van der Waals surface area contributed by atoms with Crippen molar-refractivity contribution >= 4 is 5.91 Å². The Morgan fingerprint density at radius 2 is 1.90 bits per heavy atom. The fourth-order valence-electron chi connectivity index (χ4n) is 4.48. The van der Waals surface area contributed by atoms with Crippen molar-refractivity contribution in [3.8, 4) is 0 Å². The topological polar surface area (TPSA) is 32.3 Å². The molecule has 1 fully saturated rings. The summed E-state index contributed by atoms with van der Waals surface area (Å²) < 4.78 is 39.2. The number of alkyl halides is 3. The highest BCUT2D eigenvalue weighted by Crippen LogP contribution is 2.35. The van der Waals surface area contributed by atoms with E-state index in [2.05, 4.69) is 17.1 Å². The van der Waals surface area contributed by atoms with E-state index in [-0.39, 0.29) is 5.91 Å². The largest absolute Gasteiger partial charge is 0.416 e. The smallest absolute Gasteiger partial charge is 0.341 e. The molecule has 0 bridgehead atoms. The van der Waals surface area contributed by atoms with E-state index in [0.29, 0.717) is 30.0 Å². The number of hydrogen-bond acceptors (Lipinski definition) is 2. The lowest BCUT2D eigenvalue weighted by Gasteiger charge is -2.45. The zero-order chi connectivity index (χ0) is 21.2. The quantitative estimate of drug-likeness (QED) is 0.789. The van der Waals surface area contributed by atoms with Crippen molar-refractivity contribution in [3.05, 3.63) is 70.8 Å². The Morgan fingerprint density at radius 1 is 1.21 bits per heavy atom.